The molecule has 0 bridgehead atoms. The molecule has 3 amide bonds. The quantitative estimate of drug-likeness (QED) is 0.516. The highest BCUT2D eigenvalue weighted by molar-refractivity contribution is 7.10. The summed E-state index contributed by atoms with van der Waals surface area (Å²) in [5.74, 6) is -0.376. The van der Waals surface area contributed by atoms with E-state index in [0.717, 1.165) is 4.88 Å². The molecule has 1 saturated heterocycles. The van der Waals surface area contributed by atoms with Crippen molar-refractivity contribution in [1.29, 1.82) is 0 Å². The number of carbonyl (C=O) groups is 2. The minimum atomic E-state index is -0.465. The van der Waals surface area contributed by atoms with E-state index in [4.69, 9.17) is 0 Å². The third-order valence-corrected chi connectivity index (χ3v) is 2.37. The zero-order chi connectivity index (χ0) is 9.26. The lowest BCUT2D eigenvalue weighted by atomic mass is 10.3. The van der Waals surface area contributed by atoms with Crippen LogP contribution in [0.3, 0.4) is 0 Å². The van der Waals surface area contributed by atoms with Crippen molar-refractivity contribution in [3.8, 4) is 0 Å². The lowest BCUT2D eigenvalue weighted by Gasteiger charge is -1.90. The van der Waals surface area contributed by atoms with Crippen molar-refractivity contribution in [2.45, 2.75) is 0 Å². The van der Waals surface area contributed by atoms with E-state index in [1.165, 1.54) is 11.3 Å². The molecular formula is C8H6N2O2S. The van der Waals surface area contributed by atoms with E-state index in [1.54, 1.807) is 6.08 Å². The van der Waals surface area contributed by atoms with Crippen LogP contribution in [-0.2, 0) is 4.79 Å². The average molecular weight is 194 g/mol. The van der Waals surface area contributed by atoms with E-state index in [0.29, 0.717) is 5.70 Å². The lowest BCUT2D eigenvalue weighted by Crippen LogP contribution is -2.22. The molecule has 66 valence electrons. The van der Waals surface area contributed by atoms with Gasteiger partial charge in [-0.15, -0.1) is 11.3 Å². The van der Waals surface area contributed by atoms with E-state index in [9.17, 15) is 9.59 Å². The third-order valence-electron chi connectivity index (χ3n) is 1.55. The fraction of sp³-hybridized carbons (Fsp3) is 0. The molecule has 2 rings (SSSR count). The Hall–Kier alpha value is -1.62. The molecule has 4 nitrogen and oxygen atoms in total. The van der Waals surface area contributed by atoms with Crippen LogP contribution in [0.2, 0.25) is 0 Å². The Morgan fingerprint density at radius 3 is 2.69 bits per heavy atom. The van der Waals surface area contributed by atoms with Gasteiger partial charge in [-0.1, -0.05) is 6.07 Å². The van der Waals surface area contributed by atoms with Gasteiger partial charge in [0, 0.05) is 4.88 Å². The summed E-state index contributed by atoms with van der Waals surface area (Å²) < 4.78 is 0. The van der Waals surface area contributed by atoms with Crippen LogP contribution in [0.1, 0.15) is 4.88 Å². The molecule has 0 unspecified atom stereocenters. The van der Waals surface area contributed by atoms with Crippen LogP contribution in [0.5, 0.6) is 0 Å². The van der Waals surface area contributed by atoms with Crippen molar-refractivity contribution in [3.63, 3.8) is 0 Å². The van der Waals surface area contributed by atoms with Crippen molar-refractivity contribution >= 4 is 29.4 Å². The second-order valence-corrected chi connectivity index (χ2v) is 3.46. The first-order chi connectivity index (χ1) is 6.25. The molecule has 1 aliphatic rings. The Labute approximate surface area is 78.3 Å². The molecule has 1 fully saturated rings. The fourth-order valence-corrected chi connectivity index (χ4v) is 1.66. The maximum Gasteiger partial charge on any atom is 0.326 e. The van der Waals surface area contributed by atoms with Gasteiger partial charge in [0.1, 0.15) is 5.70 Å². The predicted octanol–water partition coefficient (Wildman–Crippen LogP) is 0.928. The van der Waals surface area contributed by atoms with Crippen molar-refractivity contribution in [2.75, 3.05) is 0 Å². The Bertz CT molecular complexity index is 381. The highest BCUT2D eigenvalue weighted by Gasteiger charge is 2.22. The number of hydrogen-bond donors (Lipinski definition) is 2. The van der Waals surface area contributed by atoms with Crippen LogP contribution >= 0.6 is 11.3 Å². The average Bonchev–Trinajstić information content (AvgIpc) is 2.63. The molecule has 2 heterocycles. The van der Waals surface area contributed by atoms with Crippen LogP contribution in [0.4, 0.5) is 4.79 Å². The Morgan fingerprint density at radius 1 is 1.31 bits per heavy atom. The molecule has 1 aliphatic heterocycles. The molecule has 0 aliphatic carbocycles. The van der Waals surface area contributed by atoms with Gasteiger partial charge in [0.25, 0.3) is 5.91 Å². The van der Waals surface area contributed by atoms with Crippen LogP contribution in [0.25, 0.3) is 6.08 Å². The molecule has 0 aromatic carbocycles. The summed E-state index contributed by atoms with van der Waals surface area (Å²) in [4.78, 5) is 22.7. The number of amides is 3. The minimum absolute atomic E-state index is 0.299. The zero-order valence-corrected chi connectivity index (χ0v) is 7.35. The van der Waals surface area contributed by atoms with Crippen molar-refractivity contribution in [2.24, 2.45) is 0 Å². The van der Waals surface area contributed by atoms with Gasteiger partial charge in [-0.2, -0.15) is 0 Å². The molecule has 5 heteroatoms. The highest BCUT2D eigenvalue weighted by atomic mass is 32.1. The van der Waals surface area contributed by atoms with E-state index in [1.807, 2.05) is 17.5 Å². The maximum atomic E-state index is 11.1. The maximum absolute atomic E-state index is 11.1. The first-order valence-electron chi connectivity index (χ1n) is 3.63. The molecule has 1 aromatic rings. The number of carbonyl (C=O) groups excluding carboxylic acids is 2. The van der Waals surface area contributed by atoms with E-state index in [2.05, 4.69) is 10.6 Å². The topological polar surface area (TPSA) is 58.2 Å². The predicted molar refractivity (Wildman–Crippen MR) is 49.0 cm³/mol. The van der Waals surface area contributed by atoms with Crippen molar-refractivity contribution in [1.82, 2.24) is 10.6 Å². The molecule has 13 heavy (non-hydrogen) atoms. The van der Waals surface area contributed by atoms with Gasteiger partial charge in [0.2, 0.25) is 0 Å². The lowest BCUT2D eigenvalue weighted by molar-refractivity contribution is -0.115. The van der Waals surface area contributed by atoms with Crippen molar-refractivity contribution < 1.29 is 9.59 Å². The summed E-state index contributed by atoms with van der Waals surface area (Å²) in [5.41, 5.74) is 0.299. The van der Waals surface area contributed by atoms with E-state index < -0.39 is 6.03 Å². The van der Waals surface area contributed by atoms with Gasteiger partial charge in [0.05, 0.1) is 0 Å². The first-order valence-corrected chi connectivity index (χ1v) is 4.51. The SMILES string of the molecule is O=C1NC(=O)/C(=C/c2cccs2)N1. The molecule has 0 radical (unpaired) electrons. The monoisotopic (exact) mass is 194 g/mol. The van der Waals surface area contributed by atoms with Crippen LogP contribution in [0.15, 0.2) is 23.2 Å². The fourth-order valence-electron chi connectivity index (χ4n) is 0.998. The first kappa shape index (κ1) is 8.00. The summed E-state index contributed by atoms with van der Waals surface area (Å²) in [6.07, 6.45) is 1.64. The van der Waals surface area contributed by atoms with Crippen LogP contribution in [-0.4, -0.2) is 11.9 Å². The Morgan fingerprint density at radius 2 is 2.15 bits per heavy atom. The molecule has 0 saturated carbocycles. The van der Waals surface area contributed by atoms with Gasteiger partial charge in [-0.3, -0.25) is 10.1 Å². The molecule has 2 N–H and O–H groups in total. The van der Waals surface area contributed by atoms with Gasteiger partial charge in [-0.25, -0.2) is 4.79 Å². The number of thiophene rings is 1. The minimum Gasteiger partial charge on any atom is -0.303 e. The van der Waals surface area contributed by atoms with E-state index in [-0.39, 0.29) is 5.91 Å². The number of hydrogen-bond acceptors (Lipinski definition) is 3. The summed E-state index contributed by atoms with van der Waals surface area (Å²) in [7, 11) is 0. The number of rotatable bonds is 1. The van der Waals surface area contributed by atoms with Crippen LogP contribution in [0, 0.1) is 0 Å². The molecule has 0 spiro atoms. The normalized spacial score (nSPS) is 18.9. The van der Waals surface area contributed by atoms with Gasteiger partial charge < -0.3 is 5.32 Å². The molecular weight excluding hydrogens is 188 g/mol. The van der Waals surface area contributed by atoms with Gasteiger partial charge >= 0.3 is 6.03 Å². The Balaban J connectivity index is 2.27. The summed E-state index contributed by atoms with van der Waals surface area (Å²) in [5, 5.41) is 6.44. The Kier molecular flexibility index (Phi) is 1.86. The van der Waals surface area contributed by atoms with E-state index >= 15 is 0 Å². The number of imide groups is 1. The standard InChI is InChI=1S/C8H6N2O2S/c11-7-6(9-8(12)10-7)4-5-2-1-3-13-5/h1-4H,(H2,9,10,11,12)/b6-4-. The van der Waals surface area contributed by atoms with Gasteiger partial charge in [0.15, 0.2) is 0 Å². The molecule has 0 atom stereocenters. The smallest absolute Gasteiger partial charge is 0.303 e. The third kappa shape index (κ3) is 1.59. The number of urea groups is 1. The summed E-state index contributed by atoms with van der Waals surface area (Å²) in [6, 6.07) is 3.29. The van der Waals surface area contributed by atoms with Crippen molar-refractivity contribution in [3.05, 3.63) is 28.1 Å². The second kappa shape index (κ2) is 3.02. The van der Waals surface area contributed by atoms with Gasteiger partial charge in [-0.05, 0) is 17.5 Å². The molecule has 1 aromatic heterocycles. The zero-order valence-electron chi connectivity index (χ0n) is 6.53. The largest absolute Gasteiger partial charge is 0.326 e. The highest BCUT2D eigenvalue weighted by Crippen LogP contribution is 2.13. The van der Waals surface area contributed by atoms with Crippen LogP contribution < -0.4 is 10.6 Å². The summed E-state index contributed by atoms with van der Waals surface area (Å²) in [6.45, 7) is 0. The second-order valence-electron chi connectivity index (χ2n) is 2.48. The summed E-state index contributed by atoms with van der Waals surface area (Å²) >= 11 is 1.51. The number of nitrogens with one attached hydrogen (secondary N) is 2.